The van der Waals surface area contributed by atoms with Gasteiger partial charge in [0.15, 0.2) is 0 Å². The molecular formula is C26H47N. The predicted octanol–water partition coefficient (Wildman–Crippen LogP) is 7.58. The number of rotatable bonds is 4. The summed E-state index contributed by atoms with van der Waals surface area (Å²) in [6.07, 6.45) is 25.8. The summed E-state index contributed by atoms with van der Waals surface area (Å²) >= 11 is 0. The highest BCUT2D eigenvalue weighted by molar-refractivity contribution is 4.92. The molecule has 0 heterocycles. The first-order chi connectivity index (χ1) is 13.2. The fraction of sp³-hybridized carbons (Fsp3) is 1.00. The van der Waals surface area contributed by atoms with E-state index in [1.165, 1.54) is 83.5 Å². The first-order valence-corrected chi connectivity index (χ1v) is 13.0. The average Bonchev–Trinajstić information content (AvgIpc) is 2.70. The maximum atomic E-state index is 3.16. The summed E-state index contributed by atoms with van der Waals surface area (Å²) < 4.78 is 0. The van der Waals surface area contributed by atoms with Crippen LogP contribution in [0.4, 0.5) is 0 Å². The third-order valence-corrected chi connectivity index (χ3v) is 9.22. The molecule has 2 unspecified atom stereocenters. The molecule has 0 bridgehead atoms. The van der Waals surface area contributed by atoms with Gasteiger partial charge in [-0.2, -0.15) is 0 Å². The van der Waals surface area contributed by atoms with E-state index in [1.54, 1.807) is 25.7 Å². The van der Waals surface area contributed by atoms with Crippen molar-refractivity contribution in [1.29, 1.82) is 0 Å². The van der Waals surface area contributed by atoms with Crippen molar-refractivity contribution in [2.75, 3.05) is 0 Å². The molecule has 0 aromatic carbocycles. The molecule has 1 nitrogen and oxygen atoms in total. The van der Waals surface area contributed by atoms with E-state index >= 15 is 0 Å². The standard InChI is InChI=1S/C26H47N/c1-20-11-13-22(14-12-20)23-15-17-25(18-16-23)27(24-8-4-3-5-9-24)26-10-6-7-21(2)19-26/h20-26H,3-19H2,1-2H3. The van der Waals surface area contributed by atoms with Crippen molar-refractivity contribution in [1.82, 2.24) is 4.90 Å². The van der Waals surface area contributed by atoms with Gasteiger partial charge in [-0.25, -0.2) is 0 Å². The van der Waals surface area contributed by atoms with E-state index in [0.717, 1.165) is 41.8 Å². The summed E-state index contributed by atoms with van der Waals surface area (Å²) in [6, 6.07) is 2.79. The molecule has 0 aliphatic heterocycles. The minimum atomic E-state index is 0.925. The van der Waals surface area contributed by atoms with Gasteiger partial charge in [-0.1, -0.05) is 58.8 Å². The van der Waals surface area contributed by atoms with Crippen LogP contribution < -0.4 is 0 Å². The predicted molar refractivity (Wildman–Crippen MR) is 117 cm³/mol. The molecule has 0 amide bonds. The zero-order chi connectivity index (χ0) is 18.6. The Morgan fingerprint density at radius 3 is 1.63 bits per heavy atom. The molecule has 0 N–H and O–H groups in total. The quantitative estimate of drug-likeness (QED) is 0.490. The van der Waals surface area contributed by atoms with Crippen LogP contribution in [0.5, 0.6) is 0 Å². The molecule has 156 valence electrons. The van der Waals surface area contributed by atoms with Gasteiger partial charge in [0, 0.05) is 18.1 Å². The van der Waals surface area contributed by atoms with Crippen molar-refractivity contribution in [2.24, 2.45) is 23.7 Å². The van der Waals surface area contributed by atoms with Gasteiger partial charge in [0.25, 0.3) is 0 Å². The summed E-state index contributed by atoms with van der Waals surface area (Å²) in [5, 5.41) is 0. The van der Waals surface area contributed by atoms with Gasteiger partial charge >= 0.3 is 0 Å². The fourth-order valence-electron chi connectivity index (χ4n) is 7.57. The number of hydrogen-bond donors (Lipinski definition) is 0. The monoisotopic (exact) mass is 373 g/mol. The molecule has 4 saturated carbocycles. The molecule has 4 aliphatic rings. The smallest absolute Gasteiger partial charge is 0.0104 e. The van der Waals surface area contributed by atoms with E-state index < -0.39 is 0 Å². The third-order valence-electron chi connectivity index (χ3n) is 9.22. The van der Waals surface area contributed by atoms with Crippen LogP contribution in [0.1, 0.15) is 123 Å². The van der Waals surface area contributed by atoms with Crippen molar-refractivity contribution in [3.8, 4) is 0 Å². The Bertz CT molecular complexity index is 423. The largest absolute Gasteiger partial charge is 0.294 e. The van der Waals surface area contributed by atoms with Crippen molar-refractivity contribution >= 4 is 0 Å². The van der Waals surface area contributed by atoms with E-state index in [9.17, 15) is 0 Å². The van der Waals surface area contributed by atoms with Gasteiger partial charge in [-0.3, -0.25) is 4.90 Å². The van der Waals surface area contributed by atoms with Crippen molar-refractivity contribution in [3.63, 3.8) is 0 Å². The maximum absolute atomic E-state index is 3.16. The van der Waals surface area contributed by atoms with Crippen molar-refractivity contribution in [3.05, 3.63) is 0 Å². The zero-order valence-electron chi connectivity index (χ0n) is 18.5. The average molecular weight is 374 g/mol. The van der Waals surface area contributed by atoms with Gasteiger partial charge in [-0.05, 0) is 87.9 Å². The van der Waals surface area contributed by atoms with Crippen LogP contribution in [-0.2, 0) is 0 Å². The number of nitrogens with zero attached hydrogens (tertiary/aromatic N) is 1. The molecule has 0 aromatic rings. The third kappa shape index (κ3) is 5.12. The molecule has 27 heavy (non-hydrogen) atoms. The van der Waals surface area contributed by atoms with Crippen LogP contribution in [0, 0.1) is 23.7 Å². The van der Waals surface area contributed by atoms with E-state index in [1.807, 2.05) is 0 Å². The first-order valence-electron chi connectivity index (χ1n) is 13.0. The fourth-order valence-corrected chi connectivity index (χ4v) is 7.57. The molecule has 0 spiro atoms. The molecule has 4 aliphatic carbocycles. The molecule has 4 rings (SSSR count). The van der Waals surface area contributed by atoms with Crippen LogP contribution in [-0.4, -0.2) is 23.0 Å². The van der Waals surface area contributed by atoms with Crippen LogP contribution >= 0.6 is 0 Å². The highest BCUT2D eigenvalue weighted by Gasteiger charge is 2.38. The summed E-state index contributed by atoms with van der Waals surface area (Å²) in [4.78, 5) is 3.16. The molecular weight excluding hydrogens is 326 g/mol. The van der Waals surface area contributed by atoms with Gasteiger partial charge in [0.1, 0.15) is 0 Å². The normalized spacial score (nSPS) is 42.3. The van der Waals surface area contributed by atoms with Crippen LogP contribution in [0.25, 0.3) is 0 Å². The van der Waals surface area contributed by atoms with Crippen molar-refractivity contribution < 1.29 is 0 Å². The molecule has 0 radical (unpaired) electrons. The molecule has 0 saturated heterocycles. The highest BCUT2D eigenvalue weighted by atomic mass is 15.2. The second-order valence-electron chi connectivity index (χ2n) is 11.3. The van der Waals surface area contributed by atoms with E-state index in [4.69, 9.17) is 0 Å². The summed E-state index contributed by atoms with van der Waals surface area (Å²) in [5.74, 6) is 4.13. The lowest BCUT2D eigenvalue weighted by molar-refractivity contribution is 0.00150. The van der Waals surface area contributed by atoms with E-state index in [2.05, 4.69) is 18.7 Å². The van der Waals surface area contributed by atoms with Crippen LogP contribution in [0.3, 0.4) is 0 Å². The Morgan fingerprint density at radius 2 is 1.00 bits per heavy atom. The van der Waals surface area contributed by atoms with Gasteiger partial charge in [-0.15, -0.1) is 0 Å². The molecule has 2 atom stereocenters. The SMILES string of the molecule is CC1CCC(C2CCC(N(C3CCCCC3)C3CCCC(C)C3)CC2)CC1. The first kappa shape index (κ1) is 20.2. The lowest BCUT2D eigenvalue weighted by atomic mass is 9.70. The van der Waals surface area contributed by atoms with Crippen molar-refractivity contribution in [2.45, 2.75) is 141 Å². The Labute approximate surface area is 170 Å². The minimum Gasteiger partial charge on any atom is -0.294 e. The lowest BCUT2D eigenvalue weighted by Gasteiger charge is -2.49. The van der Waals surface area contributed by atoms with Crippen LogP contribution in [0.2, 0.25) is 0 Å². The summed E-state index contributed by atoms with van der Waals surface area (Å²) in [5.41, 5.74) is 0. The summed E-state index contributed by atoms with van der Waals surface area (Å²) in [6.45, 7) is 4.99. The second-order valence-corrected chi connectivity index (χ2v) is 11.3. The van der Waals surface area contributed by atoms with Gasteiger partial charge in [0.2, 0.25) is 0 Å². The Balaban J connectivity index is 1.37. The van der Waals surface area contributed by atoms with Gasteiger partial charge in [0.05, 0.1) is 0 Å². The second kappa shape index (κ2) is 9.64. The maximum Gasteiger partial charge on any atom is 0.0104 e. The molecule has 1 heteroatoms. The Hall–Kier alpha value is -0.0400. The highest BCUT2D eigenvalue weighted by Crippen LogP contribution is 2.43. The van der Waals surface area contributed by atoms with E-state index in [-0.39, 0.29) is 0 Å². The minimum absolute atomic E-state index is 0.925. The Kier molecular flexibility index (Phi) is 7.23. The zero-order valence-corrected chi connectivity index (χ0v) is 18.5. The van der Waals surface area contributed by atoms with E-state index in [0.29, 0.717) is 0 Å². The molecule has 4 fully saturated rings. The molecule has 0 aromatic heterocycles. The van der Waals surface area contributed by atoms with Crippen LogP contribution in [0.15, 0.2) is 0 Å². The lowest BCUT2D eigenvalue weighted by Crippen LogP contribution is -2.52. The Morgan fingerprint density at radius 1 is 0.444 bits per heavy atom. The number of hydrogen-bond acceptors (Lipinski definition) is 1. The topological polar surface area (TPSA) is 3.24 Å². The summed E-state index contributed by atoms with van der Waals surface area (Å²) in [7, 11) is 0. The van der Waals surface area contributed by atoms with Gasteiger partial charge < -0.3 is 0 Å².